The van der Waals surface area contributed by atoms with Crippen LogP contribution in [0.25, 0.3) is 0 Å². The van der Waals surface area contributed by atoms with Crippen LogP contribution in [0.4, 0.5) is 10.5 Å². The van der Waals surface area contributed by atoms with Crippen LogP contribution in [-0.4, -0.2) is 36.9 Å². The van der Waals surface area contributed by atoms with Gasteiger partial charge in [0.15, 0.2) is 0 Å². The summed E-state index contributed by atoms with van der Waals surface area (Å²) in [5.41, 5.74) is 0.124. The molecular weight excluding hydrogens is 284 g/mol. The Bertz CT molecular complexity index is 493. The summed E-state index contributed by atoms with van der Waals surface area (Å²) in [5.74, 6) is -1.14. The molecule has 0 fully saturated rings. The summed E-state index contributed by atoms with van der Waals surface area (Å²) in [7, 11) is 1.54. The molecule has 7 heteroatoms. The average Bonchev–Trinajstić information content (AvgIpc) is 2.37. The molecule has 1 aromatic rings. The molecular formula is C13H17ClN2O4. The van der Waals surface area contributed by atoms with E-state index in [1.807, 2.05) is 6.92 Å². The molecule has 1 rings (SSSR count). The van der Waals surface area contributed by atoms with Gasteiger partial charge >= 0.3 is 12.0 Å². The Morgan fingerprint density at radius 2 is 2.15 bits per heavy atom. The van der Waals surface area contributed by atoms with Crippen LogP contribution >= 0.6 is 11.6 Å². The summed E-state index contributed by atoms with van der Waals surface area (Å²) < 4.78 is 4.97. The number of hydrogen-bond acceptors (Lipinski definition) is 3. The molecule has 0 aliphatic rings. The summed E-state index contributed by atoms with van der Waals surface area (Å²) in [6.07, 6.45) is 0.697. The maximum absolute atomic E-state index is 11.8. The van der Waals surface area contributed by atoms with Gasteiger partial charge in [0.2, 0.25) is 0 Å². The zero-order valence-electron chi connectivity index (χ0n) is 11.3. The number of methoxy groups -OCH3 is 1. The molecule has 0 saturated heterocycles. The molecule has 0 aliphatic carbocycles. The normalized spacial score (nSPS) is 11.8. The lowest BCUT2D eigenvalue weighted by molar-refractivity contribution is 0.0698. The molecule has 6 nitrogen and oxygen atoms in total. The van der Waals surface area contributed by atoms with Crippen LogP contribution in [0.5, 0.6) is 0 Å². The second-order valence-electron chi connectivity index (χ2n) is 4.15. The van der Waals surface area contributed by atoms with Crippen LogP contribution in [0.2, 0.25) is 5.02 Å². The first-order valence-corrected chi connectivity index (χ1v) is 6.45. The number of carbonyl (C=O) groups excluding carboxylic acids is 1. The summed E-state index contributed by atoms with van der Waals surface area (Å²) in [6, 6.07) is 3.54. The molecule has 20 heavy (non-hydrogen) atoms. The lowest BCUT2D eigenvalue weighted by Gasteiger charge is -2.17. The molecule has 3 N–H and O–H groups in total. The number of ether oxygens (including phenoxy) is 1. The van der Waals surface area contributed by atoms with E-state index in [1.165, 1.54) is 18.2 Å². The van der Waals surface area contributed by atoms with Crippen molar-refractivity contribution < 1.29 is 19.4 Å². The standard InChI is InChI=1S/C13H17ClN2O4/c1-3-9(7-20-2)15-13(19)16-11-6-8(14)4-5-10(11)12(17)18/h4-6,9H,3,7H2,1-2H3,(H,17,18)(H2,15,16,19). The fourth-order valence-corrected chi connectivity index (χ4v) is 1.79. The van der Waals surface area contributed by atoms with Crippen molar-refractivity contribution in [1.29, 1.82) is 0 Å². The predicted molar refractivity (Wildman–Crippen MR) is 76.5 cm³/mol. The highest BCUT2D eigenvalue weighted by Crippen LogP contribution is 2.21. The number of carboxylic acids is 1. The predicted octanol–water partition coefficient (Wildman–Crippen LogP) is 2.58. The first-order valence-electron chi connectivity index (χ1n) is 6.07. The molecule has 0 heterocycles. The van der Waals surface area contributed by atoms with Crippen molar-refractivity contribution in [3.63, 3.8) is 0 Å². The number of benzene rings is 1. The van der Waals surface area contributed by atoms with Crippen molar-refractivity contribution in [2.24, 2.45) is 0 Å². The van der Waals surface area contributed by atoms with Crippen molar-refractivity contribution in [2.75, 3.05) is 19.0 Å². The molecule has 0 saturated carbocycles. The molecule has 0 spiro atoms. The number of rotatable bonds is 6. The van der Waals surface area contributed by atoms with Crippen LogP contribution in [0.3, 0.4) is 0 Å². The van der Waals surface area contributed by atoms with Crippen LogP contribution < -0.4 is 10.6 Å². The smallest absolute Gasteiger partial charge is 0.337 e. The van der Waals surface area contributed by atoms with E-state index in [1.54, 1.807) is 7.11 Å². The Balaban J connectivity index is 2.79. The second-order valence-corrected chi connectivity index (χ2v) is 4.59. The van der Waals surface area contributed by atoms with E-state index in [0.29, 0.717) is 18.1 Å². The van der Waals surface area contributed by atoms with E-state index in [4.69, 9.17) is 21.4 Å². The monoisotopic (exact) mass is 300 g/mol. The zero-order chi connectivity index (χ0) is 15.1. The van der Waals surface area contributed by atoms with Crippen molar-refractivity contribution in [3.05, 3.63) is 28.8 Å². The van der Waals surface area contributed by atoms with Crippen LogP contribution in [0.1, 0.15) is 23.7 Å². The largest absolute Gasteiger partial charge is 0.478 e. The van der Waals surface area contributed by atoms with Gasteiger partial charge in [0.1, 0.15) is 0 Å². The number of anilines is 1. The number of carbonyl (C=O) groups is 2. The maximum Gasteiger partial charge on any atom is 0.337 e. The first-order chi connectivity index (χ1) is 9.47. The second kappa shape index (κ2) is 7.72. The van der Waals surface area contributed by atoms with Crippen LogP contribution in [-0.2, 0) is 4.74 Å². The lowest BCUT2D eigenvalue weighted by atomic mass is 10.2. The lowest BCUT2D eigenvalue weighted by Crippen LogP contribution is -2.40. The van der Waals surface area contributed by atoms with Gasteiger partial charge in [-0.15, -0.1) is 0 Å². The Morgan fingerprint density at radius 1 is 1.45 bits per heavy atom. The molecule has 2 amide bonds. The quantitative estimate of drug-likeness (QED) is 0.753. The average molecular weight is 301 g/mol. The summed E-state index contributed by atoms with van der Waals surface area (Å²) in [6.45, 7) is 2.29. The number of nitrogens with one attached hydrogen (secondary N) is 2. The van der Waals surface area contributed by atoms with Gasteiger partial charge in [-0.25, -0.2) is 9.59 Å². The third-order valence-electron chi connectivity index (χ3n) is 2.66. The molecule has 0 aromatic heterocycles. The van der Waals surface area contributed by atoms with Gasteiger partial charge in [-0.05, 0) is 24.6 Å². The third kappa shape index (κ3) is 4.71. The van der Waals surface area contributed by atoms with E-state index in [-0.39, 0.29) is 17.3 Å². The minimum Gasteiger partial charge on any atom is -0.478 e. The number of carboxylic acid groups (broad SMARTS) is 1. The van der Waals surface area contributed by atoms with E-state index in [9.17, 15) is 9.59 Å². The summed E-state index contributed by atoms with van der Waals surface area (Å²) >= 11 is 5.80. The summed E-state index contributed by atoms with van der Waals surface area (Å²) in [4.78, 5) is 22.9. The molecule has 0 aliphatic heterocycles. The Labute approximate surface area is 122 Å². The van der Waals surface area contributed by atoms with E-state index in [0.717, 1.165) is 0 Å². The van der Waals surface area contributed by atoms with Gasteiger partial charge in [-0.1, -0.05) is 18.5 Å². The minimum atomic E-state index is -1.14. The topological polar surface area (TPSA) is 87.7 Å². The Kier molecular flexibility index (Phi) is 6.27. The van der Waals surface area contributed by atoms with Crippen molar-refractivity contribution in [2.45, 2.75) is 19.4 Å². The third-order valence-corrected chi connectivity index (χ3v) is 2.89. The highest BCUT2D eigenvalue weighted by Gasteiger charge is 2.15. The molecule has 0 radical (unpaired) electrons. The maximum atomic E-state index is 11.8. The van der Waals surface area contributed by atoms with E-state index >= 15 is 0 Å². The fourth-order valence-electron chi connectivity index (χ4n) is 1.61. The van der Waals surface area contributed by atoms with E-state index in [2.05, 4.69) is 10.6 Å². The van der Waals surface area contributed by atoms with Gasteiger partial charge in [-0.2, -0.15) is 0 Å². The van der Waals surface area contributed by atoms with Gasteiger partial charge in [0, 0.05) is 12.1 Å². The number of urea groups is 1. The van der Waals surface area contributed by atoms with Crippen LogP contribution in [0, 0.1) is 0 Å². The first kappa shape index (κ1) is 16.3. The van der Waals surface area contributed by atoms with Gasteiger partial charge < -0.3 is 20.5 Å². The number of aromatic carboxylic acids is 1. The number of hydrogen-bond donors (Lipinski definition) is 3. The van der Waals surface area contributed by atoms with Gasteiger partial charge in [-0.3, -0.25) is 0 Å². The highest BCUT2D eigenvalue weighted by atomic mass is 35.5. The van der Waals surface area contributed by atoms with E-state index < -0.39 is 12.0 Å². The SMILES string of the molecule is CCC(COC)NC(=O)Nc1cc(Cl)ccc1C(=O)O. The van der Waals surface area contributed by atoms with Crippen molar-refractivity contribution >= 4 is 29.3 Å². The van der Waals surface area contributed by atoms with Crippen molar-refractivity contribution in [3.8, 4) is 0 Å². The fraction of sp³-hybridized carbons (Fsp3) is 0.385. The van der Waals surface area contributed by atoms with Crippen molar-refractivity contribution in [1.82, 2.24) is 5.32 Å². The van der Waals surface area contributed by atoms with Gasteiger partial charge in [0.05, 0.1) is 23.9 Å². The number of halogens is 1. The number of amides is 2. The Hall–Kier alpha value is -1.79. The molecule has 0 bridgehead atoms. The minimum absolute atomic E-state index is 0.0238. The molecule has 1 unspecified atom stereocenters. The Morgan fingerprint density at radius 3 is 2.70 bits per heavy atom. The van der Waals surface area contributed by atoms with Crippen LogP contribution in [0.15, 0.2) is 18.2 Å². The van der Waals surface area contributed by atoms with Gasteiger partial charge in [0.25, 0.3) is 0 Å². The molecule has 1 atom stereocenters. The zero-order valence-corrected chi connectivity index (χ0v) is 12.0. The summed E-state index contributed by atoms with van der Waals surface area (Å²) in [5, 5.41) is 14.6. The molecule has 1 aromatic carbocycles. The molecule has 110 valence electrons. The highest BCUT2D eigenvalue weighted by molar-refractivity contribution is 6.31.